The van der Waals surface area contributed by atoms with Gasteiger partial charge in [-0.15, -0.1) is 0 Å². The van der Waals surface area contributed by atoms with Gasteiger partial charge in [-0.3, -0.25) is 4.90 Å². The molecule has 0 N–H and O–H groups in total. The third-order valence-corrected chi connectivity index (χ3v) is 5.69. The highest BCUT2D eigenvalue weighted by molar-refractivity contribution is 5.69. The van der Waals surface area contributed by atoms with E-state index in [-0.39, 0.29) is 24.3 Å². The molecule has 0 saturated carbocycles. The predicted octanol–water partition coefficient (Wildman–Crippen LogP) is 3.73. The maximum Gasteiger partial charge on any atom is 0.410 e. The lowest BCUT2D eigenvalue weighted by Crippen LogP contribution is -2.61. The van der Waals surface area contributed by atoms with E-state index in [1.54, 1.807) is 4.90 Å². The summed E-state index contributed by atoms with van der Waals surface area (Å²) in [6, 6.07) is 10.1. The van der Waals surface area contributed by atoms with Crippen molar-refractivity contribution in [3.63, 3.8) is 0 Å². The molecule has 0 spiro atoms. The highest BCUT2D eigenvalue weighted by Gasteiger charge is 2.40. The Hall–Kier alpha value is -2.28. The topological polar surface area (TPSA) is 62.3 Å². The van der Waals surface area contributed by atoms with E-state index in [1.165, 1.54) is 0 Å². The molecule has 0 bridgehead atoms. The molecule has 2 fully saturated rings. The molecule has 30 heavy (non-hydrogen) atoms. The Kier molecular flexibility index (Phi) is 6.91. The van der Waals surface area contributed by atoms with Gasteiger partial charge < -0.3 is 19.3 Å². The smallest absolute Gasteiger partial charge is 0.410 e. The van der Waals surface area contributed by atoms with E-state index in [2.05, 4.69) is 18.7 Å². The summed E-state index contributed by atoms with van der Waals surface area (Å²) in [4.78, 5) is 31.1. The summed E-state index contributed by atoms with van der Waals surface area (Å²) in [5.41, 5.74) is 0.488. The van der Waals surface area contributed by atoms with E-state index in [9.17, 15) is 9.59 Å². The summed E-state index contributed by atoms with van der Waals surface area (Å²) in [5, 5.41) is 0. The largest absolute Gasteiger partial charge is 0.445 e. The van der Waals surface area contributed by atoms with Crippen molar-refractivity contribution in [2.45, 2.75) is 71.4 Å². The summed E-state index contributed by atoms with van der Waals surface area (Å²) in [6.45, 7) is 13.0. The Morgan fingerprint density at radius 2 is 1.63 bits per heavy atom. The van der Waals surface area contributed by atoms with Gasteiger partial charge in [0.05, 0.1) is 0 Å². The number of amides is 2. The quantitative estimate of drug-likeness (QED) is 0.750. The molecule has 2 amide bonds. The zero-order chi connectivity index (χ0) is 21.9. The van der Waals surface area contributed by atoms with Crippen LogP contribution in [0.25, 0.3) is 0 Å². The molecule has 166 valence electrons. The van der Waals surface area contributed by atoms with Crippen LogP contribution in [-0.2, 0) is 16.1 Å². The molecule has 1 aromatic carbocycles. The molecule has 3 rings (SSSR count). The van der Waals surface area contributed by atoms with E-state index in [0.29, 0.717) is 25.7 Å². The van der Waals surface area contributed by atoms with Crippen molar-refractivity contribution < 1.29 is 19.1 Å². The number of nitrogens with zero attached hydrogens (tertiary/aromatic N) is 3. The van der Waals surface area contributed by atoms with Crippen LogP contribution in [0.3, 0.4) is 0 Å². The fraction of sp³-hybridized carbons (Fsp3) is 0.652. The number of rotatable bonds is 3. The number of hydrogen-bond donors (Lipinski definition) is 0. The first-order valence-electron chi connectivity index (χ1n) is 10.8. The van der Waals surface area contributed by atoms with Crippen LogP contribution < -0.4 is 0 Å². The zero-order valence-corrected chi connectivity index (χ0v) is 18.8. The van der Waals surface area contributed by atoms with Crippen LogP contribution in [0.4, 0.5) is 9.59 Å². The average Bonchev–Trinajstić information content (AvgIpc) is 3.15. The maximum absolute atomic E-state index is 12.6. The van der Waals surface area contributed by atoms with Crippen LogP contribution in [0.1, 0.15) is 46.6 Å². The number of ether oxygens (including phenoxy) is 2. The van der Waals surface area contributed by atoms with E-state index in [1.807, 2.05) is 56.0 Å². The molecule has 0 aromatic heterocycles. The maximum atomic E-state index is 12.6. The molecule has 7 nitrogen and oxygen atoms in total. The van der Waals surface area contributed by atoms with E-state index in [4.69, 9.17) is 9.47 Å². The van der Waals surface area contributed by atoms with Crippen molar-refractivity contribution in [2.24, 2.45) is 0 Å². The van der Waals surface area contributed by atoms with E-state index >= 15 is 0 Å². The Labute approximate surface area is 179 Å². The third-order valence-electron chi connectivity index (χ3n) is 5.69. The number of carbonyl (C=O) groups excluding carboxylic acids is 2. The summed E-state index contributed by atoms with van der Waals surface area (Å²) in [7, 11) is 0. The lowest BCUT2D eigenvalue weighted by atomic mass is 10.1. The molecular weight excluding hydrogens is 382 g/mol. The number of hydrogen-bond acceptors (Lipinski definition) is 5. The van der Waals surface area contributed by atoms with Crippen LogP contribution in [0.15, 0.2) is 30.3 Å². The van der Waals surface area contributed by atoms with Crippen molar-refractivity contribution in [1.82, 2.24) is 14.7 Å². The normalized spacial score (nSPS) is 25.3. The van der Waals surface area contributed by atoms with Crippen molar-refractivity contribution in [2.75, 3.05) is 26.2 Å². The van der Waals surface area contributed by atoms with Crippen LogP contribution >= 0.6 is 0 Å². The van der Waals surface area contributed by atoms with Crippen molar-refractivity contribution >= 4 is 12.2 Å². The first kappa shape index (κ1) is 22.4. The molecule has 0 radical (unpaired) electrons. The highest BCUT2D eigenvalue weighted by Crippen LogP contribution is 2.25. The van der Waals surface area contributed by atoms with Crippen molar-refractivity contribution in [3.05, 3.63) is 35.9 Å². The Balaban J connectivity index is 1.50. The molecule has 2 aliphatic heterocycles. The number of carbonyl (C=O) groups is 2. The second-order valence-electron chi connectivity index (χ2n) is 9.47. The average molecular weight is 418 g/mol. The summed E-state index contributed by atoms with van der Waals surface area (Å²) >= 11 is 0. The minimum absolute atomic E-state index is 0.0580. The number of benzene rings is 1. The lowest BCUT2D eigenvalue weighted by molar-refractivity contribution is -0.0216. The molecular formula is C23H35N3O4. The van der Waals surface area contributed by atoms with Gasteiger partial charge in [0.1, 0.15) is 12.2 Å². The SMILES string of the molecule is CC1CN([C@@H]2CCN(C(=O)OCc3ccccc3)C2)C[C@H](C)N1C(=O)OC(C)(C)C. The number of piperazine rings is 1. The molecule has 7 heteroatoms. The Morgan fingerprint density at radius 1 is 1.00 bits per heavy atom. The Morgan fingerprint density at radius 3 is 2.23 bits per heavy atom. The standard InChI is InChI=1S/C23H35N3O4/c1-17-13-25(14-18(2)26(17)22(28)30-23(3,4)5)20-11-12-24(15-20)21(27)29-16-19-9-7-6-8-10-19/h6-10,17-18,20H,11-16H2,1-5H3/t17-,18?,20+/m0/s1. The van der Waals surface area contributed by atoms with Gasteiger partial charge in [-0.2, -0.15) is 0 Å². The van der Waals surface area contributed by atoms with Crippen LogP contribution in [0.2, 0.25) is 0 Å². The molecule has 1 unspecified atom stereocenters. The monoisotopic (exact) mass is 417 g/mol. The fourth-order valence-electron chi connectivity index (χ4n) is 4.35. The molecule has 2 saturated heterocycles. The van der Waals surface area contributed by atoms with Gasteiger partial charge in [0.25, 0.3) is 0 Å². The lowest BCUT2D eigenvalue weighted by Gasteiger charge is -2.46. The van der Waals surface area contributed by atoms with Gasteiger partial charge in [0.2, 0.25) is 0 Å². The molecule has 0 aliphatic carbocycles. The van der Waals surface area contributed by atoms with Gasteiger partial charge in [-0.05, 0) is 46.6 Å². The number of likely N-dealkylation sites (tertiary alicyclic amines) is 1. The predicted molar refractivity (Wildman–Crippen MR) is 115 cm³/mol. The second-order valence-corrected chi connectivity index (χ2v) is 9.47. The zero-order valence-electron chi connectivity index (χ0n) is 18.8. The van der Waals surface area contributed by atoms with Crippen LogP contribution in [0.5, 0.6) is 0 Å². The first-order chi connectivity index (χ1) is 14.1. The van der Waals surface area contributed by atoms with Crippen LogP contribution in [0, 0.1) is 0 Å². The van der Waals surface area contributed by atoms with Gasteiger partial charge in [0.15, 0.2) is 0 Å². The van der Waals surface area contributed by atoms with Crippen molar-refractivity contribution in [1.29, 1.82) is 0 Å². The van der Waals surface area contributed by atoms with Crippen molar-refractivity contribution in [3.8, 4) is 0 Å². The third kappa shape index (κ3) is 5.65. The van der Waals surface area contributed by atoms with Gasteiger partial charge in [0, 0.05) is 44.3 Å². The molecule has 1 aromatic rings. The fourth-order valence-corrected chi connectivity index (χ4v) is 4.35. The molecule has 3 atom stereocenters. The van der Waals surface area contributed by atoms with Gasteiger partial charge in [-0.25, -0.2) is 9.59 Å². The highest BCUT2D eigenvalue weighted by atomic mass is 16.6. The van der Waals surface area contributed by atoms with Gasteiger partial charge >= 0.3 is 12.2 Å². The Bertz CT molecular complexity index is 722. The van der Waals surface area contributed by atoms with E-state index in [0.717, 1.165) is 25.1 Å². The molecule has 2 aliphatic rings. The van der Waals surface area contributed by atoms with Gasteiger partial charge in [-0.1, -0.05) is 30.3 Å². The minimum atomic E-state index is -0.500. The first-order valence-corrected chi connectivity index (χ1v) is 10.8. The minimum Gasteiger partial charge on any atom is -0.445 e. The summed E-state index contributed by atoms with van der Waals surface area (Å²) in [5.74, 6) is 0. The van der Waals surface area contributed by atoms with E-state index < -0.39 is 5.60 Å². The molecule has 2 heterocycles. The second kappa shape index (κ2) is 9.25. The summed E-state index contributed by atoms with van der Waals surface area (Å²) in [6.07, 6.45) is 0.418. The van der Waals surface area contributed by atoms with Crippen LogP contribution in [-0.4, -0.2) is 76.8 Å². The summed E-state index contributed by atoms with van der Waals surface area (Å²) < 4.78 is 11.1.